The average molecular weight is 313 g/mol. The van der Waals surface area contributed by atoms with Gasteiger partial charge in [-0.05, 0) is 37.8 Å². The standard InChI is InChI=1S/C17H19N3OS/c21-14-8-4-5-9-15(14)22-17-19-18-16(12-10-11-12)20(17)13-6-2-1-3-7-13/h1-3,6-7,12,15H,4-5,8-11H2. The van der Waals surface area contributed by atoms with Crippen molar-refractivity contribution in [3.05, 3.63) is 36.2 Å². The van der Waals surface area contributed by atoms with Crippen LogP contribution in [0.4, 0.5) is 0 Å². The highest BCUT2D eigenvalue weighted by Gasteiger charge is 2.32. The predicted molar refractivity (Wildman–Crippen MR) is 86.5 cm³/mol. The predicted octanol–water partition coefficient (Wildman–Crippen LogP) is 3.75. The first kappa shape index (κ1) is 14.0. The maximum Gasteiger partial charge on any atom is 0.196 e. The minimum atomic E-state index is 0.0486. The Morgan fingerprint density at radius 2 is 1.86 bits per heavy atom. The monoisotopic (exact) mass is 313 g/mol. The molecule has 2 fully saturated rings. The second kappa shape index (κ2) is 5.88. The molecule has 2 aliphatic rings. The molecule has 1 aromatic carbocycles. The van der Waals surface area contributed by atoms with E-state index in [2.05, 4.69) is 26.9 Å². The van der Waals surface area contributed by atoms with Crippen molar-refractivity contribution in [2.45, 2.75) is 54.8 Å². The first-order valence-corrected chi connectivity index (χ1v) is 8.91. The van der Waals surface area contributed by atoms with Gasteiger partial charge in [0.25, 0.3) is 0 Å². The Bertz CT molecular complexity index is 678. The first-order valence-electron chi connectivity index (χ1n) is 8.03. The highest BCUT2D eigenvalue weighted by atomic mass is 32.2. The molecule has 5 heteroatoms. The number of thioether (sulfide) groups is 1. The number of hydrogen-bond acceptors (Lipinski definition) is 4. The van der Waals surface area contributed by atoms with Crippen LogP contribution in [0.3, 0.4) is 0 Å². The van der Waals surface area contributed by atoms with Crippen LogP contribution in [0.2, 0.25) is 0 Å². The number of hydrogen-bond donors (Lipinski definition) is 0. The van der Waals surface area contributed by atoms with Crippen molar-refractivity contribution in [2.24, 2.45) is 0 Å². The van der Waals surface area contributed by atoms with Crippen LogP contribution in [0.15, 0.2) is 35.5 Å². The van der Waals surface area contributed by atoms with Gasteiger partial charge < -0.3 is 0 Å². The maximum absolute atomic E-state index is 12.1. The SMILES string of the molecule is O=C1CCCCC1Sc1nnc(C2CC2)n1-c1ccccc1. The van der Waals surface area contributed by atoms with E-state index in [0.29, 0.717) is 18.1 Å². The zero-order chi connectivity index (χ0) is 14.9. The number of nitrogens with zero attached hydrogens (tertiary/aromatic N) is 3. The lowest BCUT2D eigenvalue weighted by Gasteiger charge is -2.19. The van der Waals surface area contributed by atoms with Crippen LogP contribution in [0.5, 0.6) is 0 Å². The molecule has 2 aliphatic carbocycles. The third-order valence-corrected chi connectivity index (χ3v) is 5.62. The lowest BCUT2D eigenvalue weighted by molar-refractivity contribution is -0.119. The smallest absolute Gasteiger partial charge is 0.196 e. The Morgan fingerprint density at radius 3 is 2.59 bits per heavy atom. The summed E-state index contributed by atoms with van der Waals surface area (Å²) in [5.41, 5.74) is 1.10. The summed E-state index contributed by atoms with van der Waals surface area (Å²) in [4.78, 5) is 12.1. The molecule has 0 bridgehead atoms. The van der Waals surface area contributed by atoms with Crippen LogP contribution in [0, 0.1) is 0 Å². The van der Waals surface area contributed by atoms with Gasteiger partial charge in [0.1, 0.15) is 11.6 Å². The fourth-order valence-corrected chi connectivity index (χ4v) is 4.17. The van der Waals surface area contributed by atoms with E-state index in [9.17, 15) is 4.79 Å². The van der Waals surface area contributed by atoms with Gasteiger partial charge in [0.2, 0.25) is 0 Å². The van der Waals surface area contributed by atoms with E-state index >= 15 is 0 Å². The summed E-state index contributed by atoms with van der Waals surface area (Å²) in [5.74, 6) is 1.95. The third-order valence-electron chi connectivity index (χ3n) is 4.36. The zero-order valence-electron chi connectivity index (χ0n) is 12.4. The fourth-order valence-electron chi connectivity index (χ4n) is 2.99. The molecular weight excluding hydrogens is 294 g/mol. The van der Waals surface area contributed by atoms with Crippen LogP contribution in [0.25, 0.3) is 5.69 Å². The molecule has 0 N–H and O–H groups in total. The number of rotatable bonds is 4. The quantitative estimate of drug-likeness (QED) is 0.862. The highest BCUT2D eigenvalue weighted by molar-refractivity contribution is 8.00. The van der Waals surface area contributed by atoms with Crippen molar-refractivity contribution in [1.29, 1.82) is 0 Å². The molecule has 4 rings (SSSR count). The van der Waals surface area contributed by atoms with Gasteiger partial charge in [-0.15, -0.1) is 10.2 Å². The minimum Gasteiger partial charge on any atom is -0.298 e. The Labute approximate surface area is 134 Å². The van der Waals surface area contributed by atoms with Gasteiger partial charge in [-0.2, -0.15) is 0 Å². The van der Waals surface area contributed by atoms with E-state index < -0.39 is 0 Å². The molecule has 0 radical (unpaired) electrons. The lowest BCUT2D eigenvalue weighted by Crippen LogP contribution is -2.21. The summed E-state index contributed by atoms with van der Waals surface area (Å²) in [7, 11) is 0. The zero-order valence-corrected chi connectivity index (χ0v) is 13.3. The summed E-state index contributed by atoms with van der Waals surface area (Å²) in [5, 5.41) is 9.75. The van der Waals surface area contributed by atoms with E-state index in [0.717, 1.165) is 35.9 Å². The first-order chi connectivity index (χ1) is 10.8. The summed E-state index contributed by atoms with van der Waals surface area (Å²) >= 11 is 1.60. The van der Waals surface area contributed by atoms with Crippen LogP contribution in [-0.4, -0.2) is 25.8 Å². The minimum absolute atomic E-state index is 0.0486. The lowest BCUT2D eigenvalue weighted by atomic mass is 9.99. The summed E-state index contributed by atoms with van der Waals surface area (Å²) in [6, 6.07) is 10.3. The van der Waals surface area contributed by atoms with Crippen LogP contribution < -0.4 is 0 Å². The maximum atomic E-state index is 12.1. The molecule has 0 spiro atoms. The van der Waals surface area contributed by atoms with Crippen molar-refractivity contribution < 1.29 is 4.79 Å². The Balaban J connectivity index is 1.68. The molecule has 4 nitrogen and oxygen atoms in total. The molecule has 1 atom stereocenters. The number of aromatic nitrogens is 3. The Morgan fingerprint density at radius 1 is 1.05 bits per heavy atom. The summed E-state index contributed by atoms with van der Waals surface area (Å²) in [6.07, 6.45) is 6.24. The molecule has 0 aliphatic heterocycles. The van der Waals surface area contributed by atoms with Crippen LogP contribution in [0.1, 0.15) is 50.3 Å². The topological polar surface area (TPSA) is 47.8 Å². The highest BCUT2D eigenvalue weighted by Crippen LogP contribution is 2.42. The number of ketones is 1. The summed E-state index contributed by atoms with van der Waals surface area (Å²) < 4.78 is 2.16. The molecule has 0 amide bonds. The van der Waals surface area contributed by atoms with Gasteiger partial charge in [0, 0.05) is 18.0 Å². The van der Waals surface area contributed by atoms with Gasteiger partial charge in [0.15, 0.2) is 5.16 Å². The molecule has 1 heterocycles. The van der Waals surface area contributed by atoms with Crippen LogP contribution in [-0.2, 0) is 4.79 Å². The van der Waals surface area contributed by atoms with Gasteiger partial charge in [-0.1, -0.05) is 36.4 Å². The second-order valence-corrected chi connectivity index (χ2v) is 7.27. The van der Waals surface area contributed by atoms with E-state index in [1.807, 2.05) is 18.2 Å². The number of benzene rings is 1. The summed E-state index contributed by atoms with van der Waals surface area (Å²) in [6.45, 7) is 0. The molecule has 22 heavy (non-hydrogen) atoms. The molecular formula is C17H19N3OS. The van der Waals surface area contributed by atoms with Gasteiger partial charge in [0.05, 0.1) is 5.25 Å². The Hall–Kier alpha value is -1.62. The Kier molecular flexibility index (Phi) is 3.74. The second-order valence-electron chi connectivity index (χ2n) is 6.10. The van der Waals surface area contributed by atoms with Crippen molar-refractivity contribution in [3.8, 4) is 5.69 Å². The van der Waals surface area contributed by atoms with E-state index in [1.54, 1.807) is 11.8 Å². The van der Waals surface area contributed by atoms with Crippen molar-refractivity contribution in [2.75, 3.05) is 0 Å². The fraction of sp³-hybridized carbons (Fsp3) is 0.471. The molecule has 1 unspecified atom stereocenters. The van der Waals surface area contributed by atoms with Gasteiger partial charge in [-0.3, -0.25) is 9.36 Å². The van der Waals surface area contributed by atoms with E-state index in [4.69, 9.17) is 0 Å². The van der Waals surface area contributed by atoms with Gasteiger partial charge >= 0.3 is 0 Å². The van der Waals surface area contributed by atoms with Crippen molar-refractivity contribution >= 4 is 17.5 Å². The number of carbonyl (C=O) groups excluding carboxylic acids is 1. The average Bonchev–Trinajstić information content (AvgIpc) is 3.31. The van der Waals surface area contributed by atoms with Gasteiger partial charge in [-0.25, -0.2) is 0 Å². The van der Waals surface area contributed by atoms with Crippen molar-refractivity contribution in [3.63, 3.8) is 0 Å². The molecule has 2 aromatic rings. The third kappa shape index (κ3) is 2.70. The number of carbonyl (C=O) groups is 1. The number of para-hydroxylation sites is 1. The van der Waals surface area contributed by atoms with Crippen molar-refractivity contribution in [1.82, 2.24) is 14.8 Å². The molecule has 114 valence electrons. The normalized spacial score (nSPS) is 22.0. The largest absolute Gasteiger partial charge is 0.298 e. The molecule has 1 aromatic heterocycles. The molecule has 0 saturated heterocycles. The molecule has 2 saturated carbocycles. The van der Waals surface area contributed by atoms with E-state index in [1.165, 1.54) is 12.8 Å². The number of Topliss-reactive ketones (excluding diaryl/α,β-unsaturated/α-hetero) is 1. The van der Waals surface area contributed by atoms with E-state index in [-0.39, 0.29) is 5.25 Å². The van der Waals surface area contributed by atoms with Crippen LogP contribution >= 0.6 is 11.8 Å².